The Balaban J connectivity index is 1.88. The van der Waals surface area contributed by atoms with Gasteiger partial charge in [0, 0.05) is 17.6 Å². The molecular weight excluding hydrogens is 435 g/mol. The van der Waals surface area contributed by atoms with E-state index in [4.69, 9.17) is 0 Å². The summed E-state index contributed by atoms with van der Waals surface area (Å²) in [6.07, 6.45) is 1.58. The number of nitrogens with zero attached hydrogens (tertiary/aromatic N) is 1. The third kappa shape index (κ3) is 4.39. The molecule has 1 aliphatic heterocycles. The lowest BCUT2D eigenvalue weighted by atomic mass is 10.0. The molecule has 0 saturated carbocycles. The predicted octanol–water partition coefficient (Wildman–Crippen LogP) is 4.26. The molecule has 0 spiro atoms. The van der Waals surface area contributed by atoms with Crippen molar-refractivity contribution in [1.29, 1.82) is 0 Å². The number of para-hydroxylation sites is 1. The summed E-state index contributed by atoms with van der Waals surface area (Å²) in [5, 5.41) is 2.60. The maximum atomic E-state index is 14.2. The number of carbonyl (C=O) groups excluding carboxylic acids is 1. The monoisotopic (exact) mass is 454 g/mol. The average molecular weight is 455 g/mol. The molecule has 5 nitrogen and oxygen atoms in total. The zero-order valence-electron chi connectivity index (χ0n) is 14.8. The Labute approximate surface area is 166 Å². The zero-order valence-corrected chi connectivity index (χ0v) is 17.2. The first kappa shape index (κ1) is 20.0. The molecule has 0 bridgehead atoms. The third-order valence-corrected chi connectivity index (χ3v) is 7.27. The second-order valence-corrected chi connectivity index (χ2v) is 9.45. The lowest BCUT2D eigenvalue weighted by molar-refractivity contribution is 0.102. The smallest absolute Gasteiger partial charge is 0.258 e. The minimum absolute atomic E-state index is 0.0734. The maximum absolute atomic E-state index is 14.2. The fourth-order valence-electron chi connectivity index (χ4n) is 2.97. The predicted molar refractivity (Wildman–Crippen MR) is 106 cm³/mol. The van der Waals surface area contributed by atoms with Crippen LogP contribution in [0.5, 0.6) is 0 Å². The van der Waals surface area contributed by atoms with Gasteiger partial charge in [0.2, 0.25) is 10.0 Å². The van der Waals surface area contributed by atoms with E-state index in [9.17, 15) is 17.6 Å². The van der Waals surface area contributed by atoms with Gasteiger partial charge in [0.1, 0.15) is 5.82 Å². The van der Waals surface area contributed by atoms with E-state index in [-0.39, 0.29) is 10.5 Å². The van der Waals surface area contributed by atoms with E-state index in [0.29, 0.717) is 29.2 Å². The van der Waals surface area contributed by atoms with Crippen molar-refractivity contribution in [2.45, 2.75) is 24.7 Å². The van der Waals surface area contributed by atoms with Crippen molar-refractivity contribution in [2.75, 3.05) is 18.4 Å². The van der Waals surface area contributed by atoms with E-state index < -0.39 is 21.7 Å². The van der Waals surface area contributed by atoms with Crippen LogP contribution in [0.4, 0.5) is 10.1 Å². The lowest BCUT2D eigenvalue weighted by Crippen LogP contribution is -2.38. The Morgan fingerprint density at radius 2 is 1.85 bits per heavy atom. The molecule has 27 heavy (non-hydrogen) atoms. The average Bonchev–Trinajstić information content (AvgIpc) is 2.64. The van der Waals surface area contributed by atoms with Gasteiger partial charge in [-0.2, -0.15) is 4.31 Å². The Morgan fingerprint density at radius 3 is 2.52 bits per heavy atom. The first-order valence-corrected chi connectivity index (χ1v) is 10.9. The molecule has 0 aromatic heterocycles. The van der Waals surface area contributed by atoms with Crippen LogP contribution in [0, 0.1) is 11.7 Å². The van der Waals surface area contributed by atoms with Crippen LogP contribution in [0.3, 0.4) is 0 Å². The van der Waals surface area contributed by atoms with Crippen molar-refractivity contribution in [3.8, 4) is 0 Å². The van der Waals surface area contributed by atoms with Crippen LogP contribution in [0.1, 0.15) is 30.1 Å². The Bertz CT molecular complexity index is 957. The van der Waals surface area contributed by atoms with Crippen LogP contribution >= 0.6 is 15.9 Å². The minimum atomic E-state index is -3.76. The molecule has 0 atom stereocenters. The number of anilines is 1. The van der Waals surface area contributed by atoms with Gasteiger partial charge >= 0.3 is 0 Å². The highest BCUT2D eigenvalue weighted by atomic mass is 79.9. The molecule has 1 fully saturated rings. The highest BCUT2D eigenvalue weighted by Crippen LogP contribution is 2.26. The summed E-state index contributed by atoms with van der Waals surface area (Å²) < 4.78 is 42.0. The summed E-state index contributed by atoms with van der Waals surface area (Å²) in [4.78, 5) is 12.4. The van der Waals surface area contributed by atoms with Gasteiger partial charge in [-0.25, -0.2) is 12.8 Å². The molecule has 3 rings (SSSR count). The maximum Gasteiger partial charge on any atom is 0.258 e. The van der Waals surface area contributed by atoms with Gasteiger partial charge in [-0.15, -0.1) is 0 Å². The van der Waals surface area contributed by atoms with Crippen LogP contribution in [-0.4, -0.2) is 31.7 Å². The molecule has 1 amide bonds. The largest absolute Gasteiger partial charge is 0.321 e. The summed E-state index contributed by atoms with van der Waals surface area (Å²) in [5.74, 6) is -0.996. The summed E-state index contributed by atoms with van der Waals surface area (Å²) in [6, 6.07) is 10.3. The molecule has 1 heterocycles. The fraction of sp³-hybridized carbons (Fsp3) is 0.316. The Hall–Kier alpha value is -1.77. The van der Waals surface area contributed by atoms with E-state index in [0.717, 1.165) is 25.0 Å². The van der Waals surface area contributed by atoms with Gasteiger partial charge in [0.15, 0.2) is 0 Å². The van der Waals surface area contributed by atoms with Crippen LogP contribution in [0.25, 0.3) is 0 Å². The van der Waals surface area contributed by atoms with Crippen LogP contribution < -0.4 is 5.32 Å². The highest BCUT2D eigenvalue weighted by molar-refractivity contribution is 9.10. The van der Waals surface area contributed by atoms with Gasteiger partial charge in [-0.1, -0.05) is 19.1 Å². The fourth-order valence-corrected chi connectivity index (χ4v) is 4.85. The Kier molecular flexibility index (Phi) is 5.98. The molecule has 0 unspecified atom stereocenters. The standard InChI is InChI=1S/C19H20BrFN2O3S/c1-13-8-10-23(11-9-13)27(25,26)14-6-7-17(21)15(12-14)19(24)22-18-5-3-2-4-16(18)20/h2-7,12-13H,8-11H2,1H3,(H,22,24). The van der Waals surface area contributed by atoms with E-state index in [2.05, 4.69) is 28.2 Å². The van der Waals surface area contributed by atoms with Gasteiger partial charge in [0.25, 0.3) is 5.91 Å². The van der Waals surface area contributed by atoms with Gasteiger partial charge in [-0.05, 0) is 65.0 Å². The van der Waals surface area contributed by atoms with Crippen molar-refractivity contribution in [3.05, 3.63) is 58.3 Å². The highest BCUT2D eigenvalue weighted by Gasteiger charge is 2.29. The lowest BCUT2D eigenvalue weighted by Gasteiger charge is -2.29. The molecule has 1 aliphatic rings. The molecule has 1 N–H and O–H groups in total. The first-order chi connectivity index (χ1) is 12.8. The van der Waals surface area contributed by atoms with Crippen molar-refractivity contribution in [1.82, 2.24) is 4.31 Å². The third-order valence-electron chi connectivity index (χ3n) is 4.68. The summed E-state index contributed by atoms with van der Waals surface area (Å²) in [5.41, 5.74) is 0.164. The van der Waals surface area contributed by atoms with Gasteiger partial charge in [-0.3, -0.25) is 4.79 Å². The number of piperidine rings is 1. The van der Waals surface area contributed by atoms with Crippen molar-refractivity contribution in [2.24, 2.45) is 5.92 Å². The number of hydrogen-bond acceptors (Lipinski definition) is 3. The molecule has 2 aromatic carbocycles. The molecular formula is C19H20BrFN2O3S. The van der Waals surface area contributed by atoms with Gasteiger partial charge in [0.05, 0.1) is 16.1 Å². The van der Waals surface area contributed by atoms with Crippen LogP contribution in [0.15, 0.2) is 51.8 Å². The number of sulfonamides is 1. The first-order valence-electron chi connectivity index (χ1n) is 8.64. The SMILES string of the molecule is CC1CCN(S(=O)(=O)c2ccc(F)c(C(=O)Nc3ccccc3Br)c2)CC1. The second-order valence-electron chi connectivity index (χ2n) is 6.66. The zero-order chi connectivity index (χ0) is 19.6. The van der Waals surface area contributed by atoms with Crippen molar-refractivity contribution < 1.29 is 17.6 Å². The molecule has 1 saturated heterocycles. The quantitative estimate of drug-likeness (QED) is 0.750. The van der Waals surface area contributed by atoms with E-state index >= 15 is 0 Å². The number of rotatable bonds is 4. The molecule has 144 valence electrons. The molecule has 2 aromatic rings. The summed E-state index contributed by atoms with van der Waals surface area (Å²) in [6.45, 7) is 2.95. The van der Waals surface area contributed by atoms with E-state index in [1.165, 1.54) is 10.4 Å². The number of halogens is 2. The van der Waals surface area contributed by atoms with Crippen LogP contribution in [-0.2, 0) is 10.0 Å². The summed E-state index contributed by atoms with van der Waals surface area (Å²) in [7, 11) is -3.76. The number of hydrogen-bond donors (Lipinski definition) is 1. The van der Waals surface area contributed by atoms with E-state index in [1.54, 1.807) is 24.3 Å². The number of carbonyl (C=O) groups is 1. The topological polar surface area (TPSA) is 66.5 Å². The summed E-state index contributed by atoms with van der Waals surface area (Å²) >= 11 is 3.31. The molecule has 0 aliphatic carbocycles. The normalized spacial score (nSPS) is 16.3. The minimum Gasteiger partial charge on any atom is -0.321 e. The second kappa shape index (κ2) is 8.08. The molecule has 0 radical (unpaired) electrons. The van der Waals surface area contributed by atoms with E-state index in [1.807, 2.05) is 0 Å². The van der Waals surface area contributed by atoms with Crippen molar-refractivity contribution >= 4 is 37.5 Å². The molecule has 8 heteroatoms. The number of amides is 1. The Morgan fingerprint density at radius 1 is 1.19 bits per heavy atom. The van der Waals surface area contributed by atoms with Gasteiger partial charge < -0.3 is 5.32 Å². The van der Waals surface area contributed by atoms with Crippen LogP contribution in [0.2, 0.25) is 0 Å². The number of nitrogens with one attached hydrogen (secondary N) is 1. The van der Waals surface area contributed by atoms with Crippen molar-refractivity contribution in [3.63, 3.8) is 0 Å². The number of benzene rings is 2.